The second kappa shape index (κ2) is 10.2. The van der Waals surface area contributed by atoms with Crippen LogP contribution in [-0.4, -0.2) is 27.4 Å². The van der Waals surface area contributed by atoms with Crippen LogP contribution in [0.15, 0.2) is 53.4 Å². The molecule has 2 aromatic rings. The van der Waals surface area contributed by atoms with E-state index in [2.05, 4.69) is 17.0 Å². The summed E-state index contributed by atoms with van der Waals surface area (Å²) in [7, 11) is -3.71. The third-order valence-electron chi connectivity index (χ3n) is 4.14. The number of hydrogen-bond donors (Lipinski definition) is 2. The summed E-state index contributed by atoms with van der Waals surface area (Å²) in [6.45, 7) is 2.78. The van der Waals surface area contributed by atoms with E-state index in [1.165, 1.54) is 30.3 Å². The minimum absolute atomic E-state index is 0.0681. The van der Waals surface area contributed by atoms with Crippen molar-refractivity contribution in [2.75, 3.05) is 13.1 Å². The van der Waals surface area contributed by atoms with Crippen LogP contribution in [0.5, 0.6) is 0 Å². The van der Waals surface area contributed by atoms with Crippen molar-refractivity contribution in [1.29, 1.82) is 0 Å². The third-order valence-corrected chi connectivity index (χ3v) is 5.61. The van der Waals surface area contributed by atoms with Gasteiger partial charge >= 0.3 is 0 Å². The van der Waals surface area contributed by atoms with Crippen LogP contribution in [0.1, 0.15) is 42.1 Å². The third kappa shape index (κ3) is 6.45. The molecule has 2 aromatic carbocycles. The molecular formula is C20H25FN2O3S. The van der Waals surface area contributed by atoms with E-state index in [1.807, 2.05) is 0 Å². The zero-order valence-corrected chi connectivity index (χ0v) is 16.2. The molecule has 0 saturated carbocycles. The van der Waals surface area contributed by atoms with Crippen molar-refractivity contribution in [3.63, 3.8) is 0 Å². The van der Waals surface area contributed by atoms with Gasteiger partial charge in [-0.1, -0.05) is 38.0 Å². The van der Waals surface area contributed by atoms with Gasteiger partial charge in [0.05, 0.1) is 4.90 Å². The minimum Gasteiger partial charge on any atom is -0.352 e. The smallest absolute Gasteiger partial charge is 0.251 e. The Morgan fingerprint density at radius 3 is 2.37 bits per heavy atom. The van der Waals surface area contributed by atoms with Crippen molar-refractivity contribution in [2.24, 2.45) is 0 Å². The summed E-state index contributed by atoms with van der Waals surface area (Å²) >= 11 is 0. The summed E-state index contributed by atoms with van der Waals surface area (Å²) in [6, 6.07) is 12.0. The van der Waals surface area contributed by atoms with Crippen molar-refractivity contribution in [1.82, 2.24) is 10.0 Å². The lowest BCUT2D eigenvalue weighted by Gasteiger charge is -2.09. The first kappa shape index (κ1) is 21.1. The number of carbonyl (C=O) groups is 1. The molecule has 0 aliphatic carbocycles. The maximum atomic E-state index is 13.6. The molecule has 0 atom stereocenters. The van der Waals surface area contributed by atoms with Crippen molar-refractivity contribution in [2.45, 2.75) is 37.5 Å². The molecule has 0 saturated heterocycles. The summed E-state index contributed by atoms with van der Waals surface area (Å²) in [4.78, 5) is 12.1. The maximum Gasteiger partial charge on any atom is 0.251 e. The summed E-state index contributed by atoms with van der Waals surface area (Å²) in [5, 5.41) is 2.81. The fraction of sp³-hybridized carbons (Fsp3) is 0.350. The Labute approximate surface area is 160 Å². The Bertz CT molecular complexity index is 852. The molecule has 0 unspecified atom stereocenters. The van der Waals surface area contributed by atoms with Gasteiger partial charge in [-0.15, -0.1) is 0 Å². The highest BCUT2D eigenvalue weighted by Gasteiger charge is 2.15. The molecule has 2 rings (SSSR count). The molecule has 1 amide bonds. The second-order valence-electron chi connectivity index (χ2n) is 6.23. The van der Waals surface area contributed by atoms with E-state index >= 15 is 0 Å². The first-order valence-electron chi connectivity index (χ1n) is 9.05. The maximum absolute atomic E-state index is 13.6. The molecule has 0 fully saturated rings. The lowest BCUT2D eigenvalue weighted by atomic mass is 10.1. The number of carbonyl (C=O) groups excluding carboxylic acids is 1. The number of amides is 1. The summed E-state index contributed by atoms with van der Waals surface area (Å²) < 4.78 is 40.7. The van der Waals surface area contributed by atoms with Crippen LogP contribution in [0.2, 0.25) is 0 Å². The number of nitrogens with one attached hydrogen (secondary N) is 2. The molecule has 0 heterocycles. The Morgan fingerprint density at radius 1 is 1.00 bits per heavy atom. The molecule has 5 nitrogen and oxygen atoms in total. The van der Waals surface area contributed by atoms with Gasteiger partial charge in [0.25, 0.3) is 5.91 Å². The predicted molar refractivity (Wildman–Crippen MR) is 104 cm³/mol. The zero-order chi connectivity index (χ0) is 19.7. The summed E-state index contributed by atoms with van der Waals surface area (Å²) in [5.41, 5.74) is 0.868. The van der Waals surface area contributed by atoms with Crippen LogP contribution in [0.25, 0.3) is 0 Å². The molecule has 0 radical (unpaired) electrons. The highest BCUT2D eigenvalue weighted by Crippen LogP contribution is 2.12. The van der Waals surface area contributed by atoms with E-state index in [4.69, 9.17) is 0 Å². The number of sulfonamides is 1. The van der Waals surface area contributed by atoms with Gasteiger partial charge in [0.15, 0.2) is 0 Å². The first-order chi connectivity index (χ1) is 12.9. The monoisotopic (exact) mass is 392 g/mol. The van der Waals surface area contributed by atoms with E-state index in [1.54, 1.807) is 18.2 Å². The van der Waals surface area contributed by atoms with Gasteiger partial charge < -0.3 is 5.32 Å². The number of benzene rings is 2. The summed E-state index contributed by atoms with van der Waals surface area (Å²) in [5.74, 6) is -0.575. The Morgan fingerprint density at radius 2 is 1.70 bits per heavy atom. The topological polar surface area (TPSA) is 75.3 Å². The molecule has 0 bridgehead atoms. The Kier molecular flexibility index (Phi) is 7.94. The fourth-order valence-corrected chi connectivity index (χ4v) is 3.60. The number of halogens is 1. The van der Waals surface area contributed by atoms with E-state index in [9.17, 15) is 17.6 Å². The fourth-order valence-electron chi connectivity index (χ4n) is 2.57. The van der Waals surface area contributed by atoms with Gasteiger partial charge in [0, 0.05) is 18.7 Å². The van der Waals surface area contributed by atoms with Crippen LogP contribution < -0.4 is 10.0 Å². The van der Waals surface area contributed by atoms with E-state index < -0.39 is 10.0 Å². The van der Waals surface area contributed by atoms with E-state index in [0.717, 1.165) is 19.3 Å². The Hall–Kier alpha value is -2.25. The molecule has 146 valence electrons. The van der Waals surface area contributed by atoms with Crippen LogP contribution in [0.4, 0.5) is 4.39 Å². The average molecular weight is 392 g/mol. The van der Waals surface area contributed by atoms with E-state index in [-0.39, 0.29) is 29.6 Å². The molecule has 27 heavy (non-hydrogen) atoms. The molecule has 0 aliphatic heterocycles. The van der Waals surface area contributed by atoms with Crippen molar-refractivity contribution in [3.8, 4) is 0 Å². The van der Waals surface area contributed by atoms with Crippen molar-refractivity contribution >= 4 is 15.9 Å². The highest BCUT2D eigenvalue weighted by molar-refractivity contribution is 7.89. The second-order valence-corrected chi connectivity index (χ2v) is 7.99. The normalized spacial score (nSPS) is 11.3. The van der Waals surface area contributed by atoms with Crippen LogP contribution in [0, 0.1) is 5.82 Å². The Balaban J connectivity index is 1.90. The summed E-state index contributed by atoms with van der Waals surface area (Å²) in [6.07, 6.45) is 3.30. The molecule has 7 heteroatoms. The van der Waals surface area contributed by atoms with E-state index in [0.29, 0.717) is 17.7 Å². The van der Waals surface area contributed by atoms with Gasteiger partial charge in [0.1, 0.15) is 5.82 Å². The first-order valence-corrected chi connectivity index (χ1v) is 10.5. The SMILES string of the molecule is CCCCCNC(=O)c1ccc(S(=O)(=O)NCCc2ccccc2F)cc1. The van der Waals surface area contributed by atoms with Crippen LogP contribution >= 0.6 is 0 Å². The predicted octanol–water partition coefficient (Wildman–Crippen LogP) is 3.27. The molecule has 0 spiro atoms. The largest absolute Gasteiger partial charge is 0.352 e. The lowest BCUT2D eigenvalue weighted by molar-refractivity contribution is 0.0953. The van der Waals surface area contributed by atoms with Crippen molar-refractivity contribution < 1.29 is 17.6 Å². The average Bonchev–Trinajstić information content (AvgIpc) is 2.66. The molecule has 2 N–H and O–H groups in total. The number of hydrogen-bond acceptors (Lipinski definition) is 3. The molecule has 0 aromatic heterocycles. The van der Waals surface area contributed by atoms with Gasteiger partial charge in [-0.25, -0.2) is 17.5 Å². The minimum atomic E-state index is -3.71. The van der Waals surface area contributed by atoms with Crippen LogP contribution in [0.3, 0.4) is 0 Å². The van der Waals surface area contributed by atoms with Gasteiger partial charge in [0.2, 0.25) is 10.0 Å². The quantitative estimate of drug-likeness (QED) is 0.610. The highest BCUT2D eigenvalue weighted by atomic mass is 32.2. The standard InChI is InChI=1S/C20H25FN2O3S/c1-2-3-6-14-22-20(24)17-9-11-18(12-10-17)27(25,26)23-15-13-16-7-4-5-8-19(16)21/h4-5,7-12,23H,2-3,6,13-15H2,1H3,(H,22,24). The van der Waals surface area contributed by atoms with Gasteiger partial charge in [-0.2, -0.15) is 0 Å². The number of unbranched alkanes of at least 4 members (excludes halogenated alkanes) is 2. The molecule has 0 aliphatic rings. The van der Waals surface area contributed by atoms with Crippen LogP contribution in [-0.2, 0) is 16.4 Å². The molecular weight excluding hydrogens is 367 g/mol. The van der Waals surface area contributed by atoms with Gasteiger partial charge in [-0.05, 0) is 48.7 Å². The zero-order valence-electron chi connectivity index (χ0n) is 15.4. The van der Waals surface area contributed by atoms with Crippen molar-refractivity contribution in [3.05, 3.63) is 65.5 Å². The lowest BCUT2D eigenvalue weighted by Crippen LogP contribution is -2.27. The van der Waals surface area contributed by atoms with Gasteiger partial charge in [-0.3, -0.25) is 4.79 Å². The number of rotatable bonds is 10.